The number of aromatic nitrogens is 1. The minimum Gasteiger partial charge on any atom is -0.486 e. The lowest BCUT2D eigenvalue weighted by molar-refractivity contribution is 0.302. The Morgan fingerprint density at radius 3 is 2.76 bits per heavy atom. The Hall–Kier alpha value is -1.39. The van der Waals surface area contributed by atoms with Crippen LogP contribution < -0.4 is 10.1 Å². The van der Waals surface area contributed by atoms with E-state index in [2.05, 4.69) is 50.1 Å². The lowest BCUT2D eigenvalue weighted by atomic mass is 10.1. The van der Waals surface area contributed by atoms with Crippen molar-refractivity contribution in [2.24, 2.45) is 0 Å². The number of nitrogens with one attached hydrogen (secondary N) is 1. The van der Waals surface area contributed by atoms with Gasteiger partial charge in [-0.1, -0.05) is 39.0 Å². The number of rotatable bonds is 7. The number of hydrogen-bond acceptors (Lipinski definition) is 4. The minimum absolute atomic E-state index is 0.489. The van der Waals surface area contributed by atoms with Gasteiger partial charge in [0.2, 0.25) is 0 Å². The average molecular weight is 304 g/mol. The van der Waals surface area contributed by atoms with Crippen molar-refractivity contribution in [3.05, 3.63) is 45.4 Å². The molecule has 114 valence electrons. The van der Waals surface area contributed by atoms with Crippen LogP contribution in [-0.2, 0) is 19.6 Å². The number of hydrogen-bond donors (Lipinski definition) is 1. The van der Waals surface area contributed by atoms with Crippen LogP contribution in [0, 0.1) is 6.92 Å². The molecule has 3 nitrogen and oxygen atoms in total. The molecule has 0 aliphatic rings. The van der Waals surface area contributed by atoms with Crippen molar-refractivity contribution in [1.82, 2.24) is 10.3 Å². The van der Waals surface area contributed by atoms with Gasteiger partial charge in [0, 0.05) is 17.5 Å². The van der Waals surface area contributed by atoms with E-state index in [1.165, 1.54) is 10.4 Å². The summed E-state index contributed by atoms with van der Waals surface area (Å²) in [5.74, 6) is 0.967. The molecule has 0 radical (unpaired) electrons. The molecule has 0 bridgehead atoms. The van der Waals surface area contributed by atoms with Crippen LogP contribution in [-0.4, -0.2) is 11.0 Å². The highest BCUT2D eigenvalue weighted by molar-refractivity contribution is 7.11. The SMILES string of the molecule is CCc1ccccc1OCc1nc(C)c(CNC(C)C)s1. The molecule has 1 aromatic heterocycles. The Balaban J connectivity index is 1.99. The lowest BCUT2D eigenvalue weighted by Gasteiger charge is -2.08. The molecule has 0 amide bonds. The second-order valence-corrected chi connectivity index (χ2v) is 6.57. The zero-order valence-corrected chi connectivity index (χ0v) is 14.1. The van der Waals surface area contributed by atoms with E-state index in [1.807, 2.05) is 12.1 Å². The average Bonchev–Trinajstić information content (AvgIpc) is 2.83. The largest absolute Gasteiger partial charge is 0.486 e. The standard InChI is InChI=1S/C17H24N2OS/c1-5-14-8-6-7-9-15(14)20-11-17-19-13(4)16(21-17)10-18-12(2)3/h6-9,12,18H,5,10-11H2,1-4H3. The van der Waals surface area contributed by atoms with Crippen LogP contribution in [0.5, 0.6) is 5.75 Å². The molecule has 0 spiro atoms. The van der Waals surface area contributed by atoms with Crippen molar-refractivity contribution < 1.29 is 4.74 Å². The van der Waals surface area contributed by atoms with Gasteiger partial charge in [-0.25, -0.2) is 4.98 Å². The number of benzene rings is 1. The summed E-state index contributed by atoms with van der Waals surface area (Å²) in [5, 5.41) is 4.48. The molecular weight excluding hydrogens is 280 g/mol. The fraction of sp³-hybridized carbons (Fsp3) is 0.471. The first-order valence-corrected chi connectivity index (χ1v) is 8.31. The molecule has 2 aromatic rings. The van der Waals surface area contributed by atoms with Gasteiger partial charge < -0.3 is 10.1 Å². The van der Waals surface area contributed by atoms with Gasteiger partial charge in [0.05, 0.1) is 5.69 Å². The third-order valence-corrected chi connectivity index (χ3v) is 4.44. The predicted molar refractivity (Wildman–Crippen MR) is 89.0 cm³/mol. The molecule has 0 atom stereocenters. The van der Waals surface area contributed by atoms with Crippen molar-refractivity contribution in [3.63, 3.8) is 0 Å². The Morgan fingerprint density at radius 1 is 1.29 bits per heavy atom. The van der Waals surface area contributed by atoms with E-state index in [4.69, 9.17) is 4.74 Å². The van der Waals surface area contributed by atoms with Gasteiger partial charge in [-0.15, -0.1) is 11.3 Å². The summed E-state index contributed by atoms with van der Waals surface area (Å²) in [6.07, 6.45) is 0.983. The zero-order valence-electron chi connectivity index (χ0n) is 13.3. The maximum Gasteiger partial charge on any atom is 0.140 e. The summed E-state index contributed by atoms with van der Waals surface area (Å²) >= 11 is 1.74. The highest BCUT2D eigenvalue weighted by atomic mass is 32.1. The van der Waals surface area contributed by atoms with Crippen LogP contribution in [0.15, 0.2) is 24.3 Å². The summed E-state index contributed by atoms with van der Waals surface area (Å²) < 4.78 is 5.94. The second kappa shape index (κ2) is 7.57. The van der Waals surface area contributed by atoms with Gasteiger partial charge in [0.15, 0.2) is 0 Å². The summed E-state index contributed by atoms with van der Waals surface area (Å²) in [5.41, 5.74) is 2.35. The number of nitrogens with zero attached hydrogens (tertiary/aromatic N) is 1. The monoisotopic (exact) mass is 304 g/mol. The molecule has 4 heteroatoms. The smallest absolute Gasteiger partial charge is 0.140 e. The van der Waals surface area contributed by atoms with Crippen LogP contribution in [0.25, 0.3) is 0 Å². The van der Waals surface area contributed by atoms with Crippen molar-refractivity contribution in [1.29, 1.82) is 0 Å². The van der Waals surface area contributed by atoms with E-state index in [0.29, 0.717) is 12.6 Å². The first-order chi connectivity index (χ1) is 10.1. The van der Waals surface area contributed by atoms with E-state index in [9.17, 15) is 0 Å². The van der Waals surface area contributed by atoms with E-state index in [0.717, 1.165) is 29.4 Å². The minimum atomic E-state index is 0.489. The molecule has 0 saturated carbocycles. The topological polar surface area (TPSA) is 34.1 Å². The number of para-hydroxylation sites is 1. The highest BCUT2D eigenvalue weighted by Gasteiger charge is 2.09. The first-order valence-electron chi connectivity index (χ1n) is 7.49. The molecule has 0 unspecified atom stereocenters. The van der Waals surface area contributed by atoms with E-state index in [1.54, 1.807) is 11.3 Å². The van der Waals surface area contributed by atoms with E-state index < -0.39 is 0 Å². The van der Waals surface area contributed by atoms with Crippen LogP contribution in [0.2, 0.25) is 0 Å². The Kier molecular flexibility index (Phi) is 5.76. The first kappa shape index (κ1) is 16.0. The third-order valence-electron chi connectivity index (χ3n) is 3.31. The van der Waals surface area contributed by atoms with E-state index >= 15 is 0 Å². The van der Waals surface area contributed by atoms with Gasteiger partial charge in [-0.05, 0) is 25.0 Å². The van der Waals surface area contributed by atoms with E-state index in [-0.39, 0.29) is 0 Å². The fourth-order valence-corrected chi connectivity index (χ4v) is 3.02. The van der Waals surface area contributed by atoms with Gasteiger partial charge in [-0.2, -0.15) is 0 Å². The molecule has 2 rings (SSSR count). The molecule has 1 heterocycles. The van der Waals surface area contributed by atoms with Crippen molar-refractivity contribution in [2.75, 3.05) is 0 Å². The molecule has 0 saturated heterocycles. The number of aryl methyl sites for hydroxylation is 2. The normalized spacial score (nSPS) is 11.1. The van der Waals surface area contributed by atoms with Crippen LogP contribution >= 0.6 is 11.3 Å². The number of thiazole rings is 1. The van der Waals surface area contributed by atoms with Crippen LogP contribution in [0.1, 0.15) is 41.9 Å². The Bertz CT molecular complexity index is 578. The van der Waals surface area contributed by atoms with Gasteiger partial charge in [0.25, 0.3) is 0 Å². The maximum absolute atomic E-state index is 5.94. The van der Waals surface area contributed by atoms with Crippen molar-refractivity contribution in [2.45, 2.75) is 53.3 Å². The third kappa shape index (κ3) is 4.55. The molecule has 0 aliphatic heterocycles. The molecule has 0 fully saturated rings. The van der Waals surface area contributed by atoms with Crippen LogP contribution in [0.3, 0.4) is 0 Å². The molecule has 1 aromatic carbocycles. The summed E-state index contributed by atoms with van der Waals surface area (Å²) in [7, 11) is 0. The highest BCUT2D eigenvalue weighted by Crippen LogP contribution is 2.23. The number of ether oxygens (including phenoxy) is 1. The van der Waals surface area contributed by atoms with Crippen molar-refractivity contribution in [3.8, 4) is 5.75 Å². The summed E-state index contributed by atoms with van der Waals surface area (Å²) in [6, 6.07) is 8.69. The predicted octanol–water partition coefficient (Wildman–Crippen LogP) is 4.09. The van der Waals surface area contributed by atoms with Crippen molar-refractivity contribution >= 4 is 11.3 Å². The van der Waals surface area contributed by atoms with Gasteiger partial charge in [0.1, 0.15) is 17.4 Å². The summed E-state index contributed by atoms with van der Waals surface area (Å²) in [4.78, 5) is 5.91. The fourth-order valence-electron chi connectivity index (χ4n) is 2.09. The summed E-state index contributed by atoms with van der Waals surface area (Å²) in [6.45, 7) is 9.95. The maximum atomic E-state index is 5.94. The molecule has 0 aliphatic carbocycles. The molecule has 1 N–H and O–H groups in total. The Labute approximate surface area is 131 Å². The lowest BCUT2D eigenvalue weighted by Crippen LogP contribution is -2.21. The quantitative estimate of drug-likeness (QED) is 0.836. The zero-order chi connectivity index (χ0) is 15.2. The van der Waals surface area contributed by atoms with Crippen LogP contribution in [0.4, 0.5) is 0 Å². The molecular formula is C17H24N2OS. The second-order valence-electron chi connectivity index (χ2n) is 5.40. The molecule has 21 heavy (non-hydrogen) atoms. The van der Waals surface area contributed by atoms with Gasteiger partial charge in [-0.3, -0.25) is 0 Å². The Morgan fingerprint density at radius 2 is 2.05 bits per heavy atom. The van der Waals surface area contributed by atoms with Gasteiger partial charge >= 0.3 is 0 Å².